The normalized spacial score (nSPS) is 11.1. The van der Waals surface area contributed by atoms with E-state index in [0.29, 0.717) is 5.92 Å². The van der Waals surface area contributed by atoms with Crippen molar-refractivity contribution >= 4 is 11.4 Å². The van der Waals surface area contributed by atoms with Crippen LogP contribution in [-0.2, 0) is 0 Å². The van der Waals surface area contributed by atoms with Gasteiger partial charge in [0.2, 0.25) is 0 Å². The molecule has 1 aromatic rings. The molecule has 0 aliphatic carbocycles. The summed E-state index contributed by atoms with van der Waals surface area (Å²) in [6.45, 7) is 7.63. The van der Waals surface area contributed by atoms with E-state index < -0.39 is 0 Å². The van der Waals surface area contributed by atoms with Crippen LogP contribution in [0.1, 0.15) is 13.8 Å². The molecule has 0 amide bonds. The molecule has 0 aliphatic rings. The molecule has 0 bridgehead atoms. The topological polar surface area (TPSA) is 31.4 Å². The maximum Gasteiger partial charge on any atom is 0.0574 e. The van der Waals surface area contributed by atoms with Crippen LogP contribution >= 0.6 is 0 Å². The fraction of sp³-hybridized carbons (Fsp3) is 0.643. The Labute approximate surface area is 111 Å². The van der Waals surface area contributed by atoms with Gasteiger partial charge in [0.25, 0.3) is 0 Å². The first kappa shape index (κ1) is 14.8. The van der Waals surface area contributed by atoms with E-state index in [0.717, 1.165) is 25.3 Å². The average molecular weight is 250 g/mol. The Balaban J connectivity index is 2.79. The molecule has 1 aromatic heterocycles. The highest BCUT2D eigenvalue weighted by Crippen LogP contribution is 2.18. The molecule has 0 saturated carbocycles. The zero-order valence-electron chi connectivity index (χ0n) is 12.3. The molecule has 0 radical (unpaired) electrons. The van der Waals surface area contributed by atoms with Gasteiger partial charge in [-0.05, 0) is 26.1 Å². The number of aromatic nitrogens is 1. The van der Waals surface area contributed by atoms with Gasteiger partial charge in [-0.1, -0.05) is 13.8 Å². The number of anilines is 2. The number of hydrogen-bond acceptors (Lipinski definition) is 4. The predicted molar refractivity (Wildman–Crippen MR) is 79.4 cm³/mol. The van der Waals surface area contributed by atoms with Crippen molar-refractivity contribution in [2.45, 2.75) is 13.8 Å². The minimum absolute atomic E-state index is 0.644. The largest absolute Gasteiger partial charge is 0.387 e. The second-order valence-electron chi connectivity index (χ2n) is 5.32. The Morgan fingerprint density at radius 2 is 1.94 bits per heavy atom. The molecule has 1 heterocycles. The van der Waals surface area contributed by atoms with Crippen molar-refractivity contribution < 1.29 is 0 Å². The van der Waals surface area contributed by atoms with Crippen molar-refractivity contribution in [1.82, 2.24) is 9.88 Å². The van der Waals surface area contributed by atoms with E-state index >= 15 is 0 Å². The summed E-state index contributed by atoms with van der Waals surface area (Å²) < 4.78 is 0. The van der Waals surface area contributed by atoms with Crippen LogP contribution in [0.25, 0.3) is 0 Å². The van der Waals surface area contributed by atoms with Crippen LogP contribution in [0.3, 0.4) is 0 Å². The van der Waals surface area contributed by atoms with Gasteiger partial charge in [-0.3, -0.25) is 4.98 Å². The molecule has 1 rings (SSSR count). The van der Waals surface area contributed by atoms with Gasteiger partial charge in [-0.25, -0.2) is 0 Å². The molecule has 0 unspecified atom stereocenters. The number of hydrogen-bond donors (Lipinski definition) is 1. The lowest BCUT2D eigenvalue weighted by atomic mass is 10.2. The summed E-state index contributed by atoms with van der Waals surface area (Å²) in [5.74, 6) is 0.644. The standard InChI is InChI=1S/C14H26N4/c1-12(2)11-18(7-6-17(4)5)14-8-13(15-3)9-16-10-14/h8-10,12,15H,6-7,11H2,1-5H3. The molecular weight excluding hydrogens is 224 g/mol. The van der Waals surface area contributed by atoms with Crippen LogP contribution in [0.2, 0.25) is 0 Å². The maximum absolute atomic E-state index is 4.29. The summed E-state index contributed by atoms with van der Waals surface area (Å²) in [5, 5.41) is 3.14. The molecule has 0 aliphatic heterocycles. The molecule has 18 heavy (non-hydrogen) atoms. The number of likely N-dealkylation sites (N-methyl/N-ethyl adjacent to an activating group) is 1. The van der Waals surface area contributed by atoms with E-state index in [4.69, 9.17) is 0 Å². The zero-order valence-corrected chi connectivity index (χ0v) is 12.3. The fourth-order valence-electron chi connectivity index (χ4n) is 1.82. The van der Waals surface area contributed by atoms with Gasteiger partial charge in [0.15, 0.2) is 0 Å². The van der Waals surface area contributed by atoms with Gasteiger partial charge in [-0.15, -0.1) is 0 Å². The van der Waals surface area contributed by atoms with Crippen LogP contribution in [-0.4, -0.2) is 50.7 Å². The molecule has 0 atom stereocenters. The summed E-state index contributed by atoms with van der Waals surface area (Å²) in [7, 11) is 6.14. The Morgan fingerprint density at radius 3 is 2.50 bits per heavy atom. The average Bonchev–Trinajstić information content (AvgIpc) is 2.34. The molecule has 0 spiro atoms. The van der Waals surface area contributed by atoms with Crippen molar-refractivity contribution in [3.05, 3.63) is 18.5 Å². The van der Waals surface area contributed by atoms with Gasteiger partial charge in [0.05, 0.1) is 23.8 Å². The third kappa shape index (κ3) is 4.92. The minimum atomic E-state index is 0.644. The lowest BCUT2D eigenvalue weighted by molar-refractivity contribution is 0.409. The van der Waals surface area contributed by atoms with Crippen LogP contribution in [0.4, 0.5) is 11.4 Å². The maximum atomic E-state index is 4.29. The van der Waals surface area contributed by atoms with Gasteiger partial charge in [-0.2, -0.15) is 0 Å². The van der Waals surface area contributed by atoms with E-state index in [1.807, 2.05) is 19.4 Å². The van der Waals surface area contributed by atoms with Crippen LogP contribution in [0, 0.1) is 5.92 Å². The number of rotatable bonds is 7. The van der Waals surface area contributed by atoms with Crippen molar-refractivity contribution in [3.8, 4) is 0 Å². The molecule has 1 N–H and O–H groups in total. The SMILES string of the molecule is CNc1cncc(N(CCN(C)C)CC(C)C)c1. The highest BCUT2D eigenvalue weighted by molar-refractivity contribution is 5.55. The van der Waals surface area contributed by atoms with Gasteiger partial charge >= 0.3 is 0 Å². The van der Waals surface area contributed by atoms with Gasteiger partial charge < -0.3 is 15.1 Å². The van der Waals surface area contributed by atoms with Gasteiger partial charge in [0, 0.05) is 26.7 Å². The summed E-state index contributed by atoms with van der Waals surface area (Å²) in [6, 6.07) is 2.16. The van der Waals surface area contributed by atoms with Crippen molar-refractivity contribution in [1.29, 1.82) is 0 Å². The fourth-order valence-corrected chi connectivity index (χ4v) is 1.82. The molecule has 0 saturated heterocycles. The van der Waals surface area contributed by atoms with Crippen LogP contribution < -0.4 is 10.2 Å². The van der Waals surface area contributed by atoms with E-state index in [-0.39, 0.29) is 0 Å². The molecular formula is C14H26N4. The van der Waals surface area contributed by atoms with E-state index in [9.17, 15) is 0 Å². The number of nitrogens with one attached hydrogen (secondary N) is 1. The van der Waals surface area contributed by atoms with Crippen molar-refractivity contribution in [3.63, 3.8) is 0 Å². The quantitative estimate of drug-likeness (QED) is 0.803. The molecule has 0 aromatic carbocycles. The lowest BCUT2D eigenvalue weighted by Crippen LogP contribution is -2.34. The third-order valence-electron chi connectivity index (χ3n) is 2.78. The summed E-state index contributed by atoms with van der Waals surface area (Å²) in [5.41, 5.74) is 2.25. The zero-order chi connectivity index (χ0) is 13.5. The molecule has 4 nitrogen and oxygen atoms in total. The Kier molecular flexibility index (Phi) is 5.92. The van der Waals surface area contributed by atoms with Crippen molar-refractivity contribution in [2.75, 3.05) is 51.0 Å². The van der Waals surface area contributed by atoms with Crippen LogP contribution in [0.15, 0.2) is 18.5 Å². The monoisotopic (exact) mass is 250 g/mol. The molecule has 4 heteroatoms. The molecule has 0 fully saturated rings. The Hall–Kier alpha value is -1.29. The second-order valence-corrected chi connectivity index (χ2v) is 5.32. The second kappa shape index (κ2) is 7.21. The smallest absolute Gasteiger partial charge is 0.0574 e. The third-order valence-corrected chi connectivity index (χ3v) is 2.78. The number of nitrogens with zero attached hydrogens (tertiary/aromatic N) is 3. The van der Waals surface area contributed by atoms with Gasteiger partial charge in [0.1, 0.15) is 0 Å². The predicted octanol–water partition coefficient (Wildman–Crippen LogP) is 2.15. The van der Waals surface area contributed by atoms with E-state index in [2.05, 4.69) is 54.1 Å². The summed E-state index contributed by atoms with van der Waals surface area (Å²) >= 11 is 0. The van der Waals surface area contributed by atoms with E-state index in [1.54, 1.807) is 0 Å². The highest BCUT2D eigenvalue weighted by atomic mass is 15.2. The Bertz CT molecular complexity index is 349. The summed E-state index contributed by atoms with van der Waals surface area (Å²) in [4.78, 5) is 8.91. The Morgan fingerprint density at radius 1 is 1.22 bits per heavy atom. The molecule has 102 valence electrons. The minimum Gasteiger partial charge on any atom is -0.387 e. The first-order valence-corrected chi connectivity index (χ1v) is 6.55. The summed E-state index contributed by atoms with van der Waals surface area (Å²) in [6.07, 6.45) is 3.79. The first-order valence-electron chi connectivity index (χ1n) is 6.55. The highest BCUT2D eigenvalue weighted by Gasteiger charge is 2.09. The number of pyridine rings is 1. The van der Waals surface area contributed by atoms with Crippen LogP contribution in [0.5, 0.6) is 0 Å². The first-order chi connectivity index (χ1) is 8.52. The van der Waals surface area contributed by atoms with Crippen molar-refractivity contribution in [2.24, 2.45) is 5.92 Å². The lowest BCUT2D eigenvalue weighted by Gasteiger charge is -2.28. The van der Waals surface area contributed by atoms with E-state index in [1.165, 1.54) is 5.69 Å².